The van der Waals surface area contributed by atoms with Gasteiger partial charge in [0.15, 0.2) is 0 Å². The van der Waals surface area contributed by atoms with Crippen LogP contribution in [0.4, 0.5) is 11.4 Å². The lowest BCUT2D eigenvalue weighted by atomic mass is 9.94. The Bertz CT molecular complexity index is 712. The Labute approximate surface area is 148 Å². The van der Waals surface area contributed by atoms with Gasteiger partial charge in [0.25, 0.3) is 5.91 Å². The minimum atomic E-state index is -0.881. The van der Waals surface area contributed by atoms with Gasteiger partial charge in [-0.1, -0.05) is 30.3 Å². The van der Waals surface area contributed by atoms with E-state index in [1.165, 1.54) is 0 Å². The number of amides is 1. The maximum absolute atomic E-state index is 12.7. The molecule has 1 saturated heterocycles. The molecule has 0 atom stereocenters. The van der Waals surface area contributed by atoms with Gasteiger partial charge in [-0.05, 0) is 24.3 Å². The molecule has 0 spiro atoms. The van der Waals surface area contributed by atoms with Gasteiger partial charge in [-0.2, -0.15) is 0 Å². The van der Waals surface area contributed by atoms with Crippen LogP contribution in [0, 0.1) is 0 Å². The molecule has 0 bridgehead atoms. The molecule has 2 aromatic rings. The number of hydrogen-bond acceptors (Lipinski definition) is 4. The van der Waals surface area contributed by atoms with E-state index in [0.717, 1.165) is 11.4 Å². The largest absolute Gasteiger partial charge is 0.388 e. The number of anilines is 2. The molecule has 5 nitrogen and oxygen atoms in total. The molecule has 1 aliphatic heterocycles. The number of para-hydroxylation sites is 2. The number of aliphatic hydroxyl groups is 1. The normalized spacial score (nSPS) is 16.2. The fourth-order valence-corrected chi connectivity index (χ4v) is 3.02. The van der Waals surface area contributed by atoms with Crippen LogP contribution in [-0.4, -0.2) is 43.4 Å². The van der Waals surface area contributed by atoms with Crippen LogP contribution < -0.4 is 10.2 Å². The first kappa shape index (κ1) is 17.5. The van der Waals surface area contributed by atoms with Crippen molar-refractivity contribution in [3.8, 4) is 0 Å². The summed E-state index contributed by atoms with van der Waals surface area (Å²) in [6.07, 6.45) is 1.08. The molecule has 2 aromatic carbocycles. The van der Waals surface area contributed by atoms with Crippen LogP contribution in [0.1, 0.15) is 23.2 Å². The van der Waals surface area contributed by atoms with Gasteiger partial charge in [0, 0.05) is 45.3 Å². The highest BCUT2D eigenvalue weighted by atomic mass is 16.5. The Morgan fingerprint density at radius 1 is 1.12 bits per heavy atom. The Kier molecular flexibility index (Phi) is 5.36. The molecule has 1 amide bonds. The van der Waals surface area contributed by atoms with Crippen molar-refractivity contribution >= 4 is 17.3 Å². The van der Waals surface area contributed by atoms with Crippen LogP contribution in [-0.2, 0) is 4.74 Å². The second-order valence-corrected chi connectivity index (χ2v) is 6.43. The smallest absolute Gasteiger partial charge is 0.253 e. The summed E-state index contributed by atoms with van der Waals surface area (Å²) in [6, 6.07) is 17.4. The molecule has 1 heterocycles. The number of rotatable bonds is 5. The van der Waals surface area contributed by atoms with Crippen molar-refractivity contribution in [1.82, 2.24) is 5.32 Å². The van der Waals surface area contributed by atoms with Crippen molar-refractivity contribution in [2.45, 2.75) is 18.4 Å². The molecular weight excluding hydrogens is 316 g/mol. The zero-order chi connectivity index (χ0) is 17.7. The summed E-state index contributed by atoms with van der Waals surface area (Å²) in [6.45, 7) is 1.29. The number of nitrogens with zero attached hydrogens (tertiary/aromatic N) is 1. The predicted octanol–water partition coefficient (Wildman–Crippen LogP) is 2.73. The summed E-state index contributed by atoms with van der Waals surface area (Å²) in [4.78, 5) is 14.7. The number of hydrogen-bond donors (Lipinski definition) is 2. The van der Waals surface area contributed by atoms with Gasteiger partial charge < -0.3 is 20.1 Å². The van der Waals surface area contributed by atoms with Crippen LogP contribution in [0.5, 0.6) is 0 Å². The lowest BCUT2D eigenvalue weighted by Gasteiger charge is -2.32. The molecule has 0 saturated carbocycles. The molecule has 5 heteroatoms. The van der Waals surface area contributed by atoms with Gasteiger partial charge in [0.1, 0.15) is 0 Å². The van der Waals surface area contributed by atoms with Gasteiger partial charge in [0.2, 0.25) is 0 Å². The van der Waals surface area contributed by atoms with E-state index in [-0.39, 0.29) is 12.5 Å². The molecule has 0 radical (unpaired) electrons. The minimum absolute atomic E-state index is 0.182. The zero-order valence-electron chi connectivity index (χ0n) is 14.4. The Morgan fingerprint density at radius 2 is 1.76 bits per heavy atom. The summed E-state index contributed by atoms with van der Waals surface area (Å²) in [5.41, 5.74) is 1.54. The molecule has 0 unspecified atom stereocenters. The van der Waals surface area contributed by atoms with Crippen LogP contribution >= 0.6 is 0 Å². The number of nitrogens with one attached hydrogen (secondary N) is 1. The van der Waals surface area contributed by atoms with E-state index >= 15 is 0 Å². The standard InChI is InChI=1S/C20H24N2O3/c1-22(16-7-3-2-4-8-16)18-10-6-5-9-17(18)19(23)21-15-20(24)11-13-25-14-12-20/h2-10,24H,11-15H2,1H3,(H,21,23). The summed E-state index contributed by atoms with van der Waals surface area (Å²) in [5.74, 6) is -0.182. The van der Waals surface area contributed by atoms with Crippen molar-refractivity contribution in [2.75, 3.05) is 31.7 Å². The van der Waals surface area contributed by atoms with Crippen LogP contribution in [0.25, 0.3) is 0 Å². The Balaban J connectivity index is 1.75. The average molecular weight is 340 g/mol. The first-order valence-corrected chi connectivity index (χ1v) is 8.55. The molecule has 0 aromatic heterocycles. The van der Waals surface area contributed by atoms with E-state index in [2.05, 4.69) is 5.32 Å². The third kappa shape index (κ3) is 4.18. The van der Waals surface area contributed by atoms with Crippen molar-refractivity contribution in [3.63, 3.8) is 0 Å². The van der Waals surface area contributed by atoms with Crippen molar-refractivity contribution < 1.29 is 14.6 Å². The Morgan fingerprint density at radius 3 is 2.48 bits per heavy atom. The maximum atomic E-state index is 12.7. The second kappa shape index (κ2) is 7.68. The first-order valence-electron chi connectivity index (χ1n) is 8.55. The van der Waals surface area contributed by atoms with Gasteiger partial charge in [-0.3, -0.25) is 4.79 Å². The van der Waals surface area contributed by atoms with E-state index in [0.29, 0.717) is 31.6 Å². The number of carbonyl (C=O) groups is 1. The highest BCUT2D eigenvalue weighted by molar-refractivity contribution is 6.00. The lowest BCUT2D eigenvalue weighted by Crippen LogP contribution is -2.46. The highest BCUT2D eigenvalue weighted by Crippen LogP contribution is 2.27. The van der Waals surface area contributed by atoms with Crippen LogP contribution in [0.2, 0.25) is 0 Å². The number of ether oxygens (including phenoxy) is 1. The van der Waals surface area contributed by atoms with Crippen molar-refractivity contribution in [1.29, 1.82) is 0 Å². The molecule has 2 N–H and O–H groups in total. The topological polar surface area (TPSA) is 61.8 Å². The van der Waals surface area contributed by atoms with Gasteiger partial charge in [-0.25, -0.2) is 0 Å². The molecule has 0 aliphatic carbocycles. The average Bonchev–Trinajstić information content (AvgIpc) is 2.67. The predicted molar refractivity (Wildman–Crippen MR) is 98.3 cm³/mol. The van der Waals surface area contributed by atoms with Crippen LogP contribution in [0.15, 0.2) is 54.6 Å². The molecule has 3 rings (SSSR count). The maximum Gasteiger partial charge on any atom is 0.253 e. The van der Waals surface area contributed by atoms with Gasteiger partial charge in [-0.15, -0.1) is 0 Å². The summed E-state index contributed by atoms with van der Waals surface area (Å²) < 4.78 is 5.28. The SMILES string of the molecule is CN(c1ccccc1)c1ccccc1C(=O)NCC1(O)CCOCC1. The fraction of sp³-hybridized carbons (Fsp3) is 0.350. The lowest BCUT2D eigenvalue weighted by molar-refractivity contribution is -0.0605. The van der Waals surface area contributed by atoms with Crippen molar-refractivity contribution in [3.05, 3.63) is 60.2 Å². The first-order chi connectivity index (χ1) is 12.1. The van der Waals surface area contributed by atoms with E-state index < -0.39 is 5.60 Å². The minimum Gasteiger partial charge on any atom is -0.388 e. The van der Waals surface area contributed by atoms with Gasteiger partial charge in [0.05, 0.1) is 16.9 Å². The van der Waals surface area contributed by atoms with Gasteiger partial charge >= 0.3 is 0 Å². The monoisotopic (exact) mass is 340 g/mol. The third-order valence-electron chi connectivity index (χ3n) is 4.66. The Hall–Kier alpha value is -2.37. The molecule has 25 heavy (non-hydrogen) atoms. The highest BCUT2D eigenvalue weighted by Gasteiger charge is 2.30. The molecule has 1 aliphatic rings. The van der Waals surface area contributed by atoms with Crippen LogP contribution in [0.3, 0.4) is 0 Å². The molecular formula is C20H24N2O3. The van der Waals surface area contributed by atoms with E-state index in [4.69, 9.17) is 4.74 Å². The summed E-state index contributed by atoms with van der Waals surface area (Å²) >= 11 is 0. The van der Waals surface area contributed by atoms with E-state index in [1.807, 2.05) is 60.5 Å². The zero-order valence-corrected chi connectivity index (χ0v) is 14.4. The van der Waals surface area contributed by atoms with E-state index in [9.17, 15) is 9.90 Å². The summed E-state index contributed by atoms with van der Waals surface area (Å²) in [7, 11) is 1.94. The van der Waals surface area contributed by atoms with E-state index in [1.54, 1.807) is 6.07 Å². The number of benzene rings is 2. The third-order valence-corrected chi connectivity index (χ3v) is 4.66. The fourth-order valence-electron chi connectivity index (χ4n) is 3.02. The van der Waals surface area contributed by atoms with Crippen molar-refractivity contribution in [2.24, 2.45) is 0 Å². The molecule has 1 fully saturated rings. The second-order valence-electron chi connectivity index (χ2n) is 6.43. The quantitative estimate of drug-likeness (QED) is 0.879. The summed E-state index contributed by atoms with van der Waals surface area (Å²) in [5, 5.41) is 13.4. The molecule has 132 valence electrons. The number of carbonyl (C=O) groups excluding carboxylic acids is 1.